The van der Waals surface area contributed by atoms with Gasteiger partial charge in [0.2, 0.25) is 0 Å². The summed E-state index contributed by atoms with van der Waals surface area (Å²) in [6, 6.07) is 0. The van der Waals surface area contributed by atoms with E-state index >= 15 is 0 Å². The lowest BCUT2D eigenvalue weighted by atomic mass is 10.1. The molecule has 0 spiro atoms. The molecule has 0 aromatic rings. The molecule has 0 bridgehead atoms. The summed E-state index contributed by atoms with van der Waals surface area (Å²) in [6.45, 7) is 16.6. The molecule has 0 radical (unpaired) electrons. The summed E-state index contributed by atoms with van der Waals surface area (Å²) in [7, 11) is 0. The molecule has 0 amide bonds. The molecule has 0 aromatic carbocycles. The molecule has 1 saturated heterocycles. The van der Waals surface area contributed by atoms with Crippen molar-refractivity contribution in [3.05, 3.63) is 0 Å². The Morgan fingerprint density at radius 3 is 2.13 bits per heavy atom. The highest BCUT2D eigenvalue weighted by atomic mass is 16.5. The Balaban J connectivity index is 2.31. The van der Waals surface area contributed by atoms with Crippen molar-refractivity contribution in [2.75, 3.05) is 19.7 Å². The van der Waals surface area contributed by atoms with Gasteiger partial charge in [-0.3, -0.25) is 4.90 Å². The van der Waals surface area contributed by atoms with E-state index in [1.165, 1.54) is 19.5 Å². The lowest BCUT2D eigenvalue weighted by molar-refractivity contribution is -0.0217. The summed E-state index contributed by atoms with van der Waals surface area (Å²) in [5.41, 5.74) is 0.325. The Kier molecular flexibility index (Phi) is 3.83. The van der Waals surface area contributed by atoms with Crippen LogP contribution in [0, 0.1) is 5.92 Å². The average molecular weight is 213 g/mol. The zero-order chi connectivity index (χ0) is 11.7. The van der Waals surface area contributed by atoms with Crippen molar-refractivity contribution in [1.82, 2.24) is 4.90 Å². The maximum atomic E-state index is 5.85. The van der Waals surface area contributed by atoms with Gasteiger partial charge in [0.15, 0.2) is 0 Å². The first-order valence-corrected chi connectivity index (χ1v) is 6.07. The summed E-state index contributed by atoms with van der Waals surface area (Å²) in [5, 5.41) is 0. The second-order valence-corrected chi connectivity index (χ2v) is 6.69. The molecule has 1 atom stereocenters. The predicted molar refractivity (Wildman–Crippen MR) is 65.1 cm³/mol. The molecule has 0 saturated carbocycles. The summed E-state index contributed by atoms with van der Waals surface area (Å²) in [5.74, 6) is 0.725. The molecule has 1 rings (SSSR count). The zero-order valence-corrected chi connectivity index (χ0v) is 11.3. The van der Waals surface area contributed by atoms with Gasteiger partial charge in [-0.15, -0.1) is 0 Å². The molecule has 0 unspecified atom stereocenters. The van der Waals surface area contributed by atoms with Crippen LogP contribution in [0.15, 0.2) is 0 Å². The molecule has 1 aliphatic heterocycles. The monoisotopic (exact) mass is 213 g/mol. The molecule has 15 heavy (non-hydrogen) atoms. The summed E-state index contributed by atoms with van der Waals surface area (Å²) in [4.78, 5) is 2.56. The van der Waals surface area contributed by atoms with Crippen LogP contribution >= 0.6 is 0 Å². The van der Waals surface area contributed by atoms with E-state index in [1.807, 2.05) is 0 Å². The van der Waals surface area contributed by atoms with Gasteiger partial charge in [-0.05, 0) is 60.4 Å². The van der Waals surface area contributed by atoms with Gasteiger partial charge in [0.05, 0.1) is 12.2 Å². The Bertz CT molecular complexity index is 200. The molecule has 1 fully saturated rings. The van der Waals surface area contributed by atoms with E-state index in [4.69, 9.17) is 4.74 Å². The number of likely N-dealkylation sites (tertiary alicyclic amines) is 1. The van der Waals surface area contributed by atoms with E-state index in [0.29, 0.717) is 5.54 Å². The fourth-order valence-corrected chi connectivity index (χ4v) is 1.95. The van der Waals surface area contributed by atoms with Crippen LogP contribution < -0.4 is 0 Å². The third-order valence-corrected chi connectivity index (χ3v) is 2.99. The van der Waals surface area contributed by atoms with Gasteiger partial charge in [-0.25, -0.2) is 0 Å². The molecule has 0 aromatic heterocycles. The fourth-order valence-electron chi connectivity index (χ4n) is 1.95. The molecule has 1 heterocycles. The number of nitrogens with zero attached hydrogens (tertiary/aromatic N) is 1. The van der Waals surface area contributed by atoms with E-state index in [2.05, 4.69) is 46.4 Å². The lowest BCUT2D eigenvalue weighted by Gasteiger charge is -2.32. The summed E-state index contributed by atoms with van der Waals surface area (Å²) < 4.78 is 5.85. The van der Waals surface area contributed by atoms with Crippen LogP contribution in [-0.4, -0.2) is 35.7 Å². The lowest BCUT2D eigenvalue weighted by Crippen LogP contribution is -2.39. The minimum absolute atomic E-state index is 0.00908. The standard InChI is InChI=1S/C13H27NO/c1-12(2,3)14-8-7-11(9-14)10-15-13(4,5)6/h11H,7-10H2,1-6H3/t11-/m1/s1. The Labute approximate surface area is 95.0 Å². The third-order valence-electron chi connectivity index (χ3n) is 2.99. The quantitative estimate of drug-likeness (QED) is 0.699. The van der Waals surface area contributed by atoms with Crippen LogP contribution in [0.2, 0.25) is 0 Å². The van der Waals surface area contributed by atoms with E-state index in [1.54, 1.807) is 0 Å². The number of rotatable bonds is 2. The van der Waals surface area contributed by atoms with Gasteiger partial charge in [-0.2, -0.15) is 0 Å². The Hall–Kier alpha value is -0.0800. The molecule has 2 heteroatoms. The highest BCUT2D eigenvalue weighted by molar-refractivity contribution is 4.84. The maximum Gasteiger partial charge on any atom is 0.0598 e. The molecular weight excluding hydrogens is 186 g/mol. The van der Waals surface area contributed by atoms with Crippen LogP contribution in [0.4, 0.5) is 0 Å². The van der Waals surface area contributed by atoms with E-state index in [9.17, 15) is 0 Å². The van der Waals surface area contributed by atoms with Crippen LogP contribution in [0.1, 0.15) is 48.0 Å². The highest BCUT2D eigenvalue weighted by Crippen LogP contribution is 2.25. The van der Waals surface area contributed by atoms with Gasteiger partial charge in [0.25, 0.3) is 0 Å². The Morgan fingerprint density at radius 2 is 1.73 bits per heavy atom. The minimum Gasteiger partial charge on any atom is -0.376 e. The Morgan fingerprint density at radius 1 is 1.13 bits per heavy atom. The van der Waals surface area contributed by atoms with Crippen molar-refractivity contribution in [2.24, 2.45) is 5.92 Å². The van der Waals surface area contributed by atoms with Gasteiger partial charge in [0, 0.05) is 12.1 Å². The normalized spacial score (nSPS) is 24.8. The predicted octanol–water partition coefficient (Wildman–Crippen LogP) is 2.92. The van der Waals surface area contributed by atoms with Crippen LogP contribution in [0.5, 0.6) is 0 Å². The first-order valence-electron chi connectivity index (χ1n) is 6.07. The van der Waals surface area contributed by atoms with Crippen molar-refractivity contribution >= 4 is 0 Å². The van der Waals surface area contributed by atoms with Crippen LogP contribution in [0.25, 0.3) is 0 Å². The smallest absolute Gasteiger partial charge is 0.0598 e. The van der Waals surface area contributed by atoms with Gasteiger partial charge < -0.3 is 4.74 Å². The largest absolute Gasteiger partial charge is 0.376 e. The molecule has 90 valence electrons. The van der Waals surface area contributed by atoms with E-state index < -0.39 is 0 Å². The van der Waals surface area contributed by atoms with Crippen LogP contribution in [-0.2, 0) is 4.74 Å². The molecule has 0 N–H and O–H groups in total. The third kappa shape index (κ3) is 4.52. The second-order valence-electron chi connectivity index (χ2n) is 6.69. The van der Waals surface area contributed by atoms with E-state index in [0.717, 1.165) is 12.5 Å². The second kappa shape index (κ2) is 4.42. The number of hydrogen-bond donors (Lipinski definition) is 0. The van der Waals surface area contributed by atoms with Crippen molar-refractivity contribution < 1.29 is 4.74 Å². The first kappa shape index (κ1) is 13.0. The van der Waals surface area contributed by atoms with Gasteiger partial charge >= 0.3 is 0 Å². The average Bonchev–Trinajstić information content (AvgIpc) is 2.45. The summed E-state index contributed by atoms with van der Waals surface area (Å²) >= 11 is 0. The fraction of sp³-hybridized carbons (Fsp3) is 1.00. The van der Waals surface area contributed by atoms with Crippen molar-refractivity contribution in [3.8, 4) is 0 Å². The molecule has 2 nitrogen and oxygen atoms in total. The van der Waals surface area contributed by atoms with Crippen molar-refractivity contribution in [2.45, 2.75) is 59.1 Å². The highest BCUT2D eigenvalue weighted by Gasteiger charge is 2.30. The molecular formula is C13H27NO. The first-order chi connectivity index (χ1) is 6.68. The number of hydrogen-bond acceptors (Lipinski definition) is 2. The zero-order valence-electron chi connectivity index (χ0n) is 11.3. The topological polar surface area (TPSA) is 12.5 Å². The van der Waals surface area contributed by atoms with Gasteiger partial charge in [-0.1, -0.05) is 0 Å². The number of ether oxygens (including phenoxy) is 1. The van der Waals surface area contributed by atoms with Gasteiger partial charge in [0.1, 0.15) is 0 Å². The van der Waals surface area contributed by atoms with Crippen molar-refractivity contribution in [3.63, 3.8) is 0 Å². The van der Waals surface area contributed by atoms with E-state index in [-0.39, 0.29) is 5.60 Å². The van der Waals surface area contributed by atoms with Crippen molar-refractivity contribution in [1.29, 1.82) is 0 Å². The summed E-state index contributed by atoms with van der Waals surface area (Å²) in [6.07, 6.45) is 1.29. The minimum atomic E-state index is 0.00908. The molecule has 1 aliphatic rings. The SMILES string of the molecule is CC(C)(C)OC[C@@H]1CCN(C(C)(C)C)C1. The van der Waals surface area contributed by atoms with Crippen LogP contribution in [0.3, 0.4) is 0 Å². The molecule has 0 aliphatic carbocycles. The maximum absolute atomic E-state index is 5.85.